The lowest BCUT2D eigenvalue weighted by Gasteiger charge is -2.26. The molecule has 1 saturated heterocycles. The summed E-state index contributed by atoms with van der Waals surface area (Å²) in [5.41, 5.74) is 6.19. The molecule has 0 aliphatic carbocycles. The molecule has 3 N–H and O–H groups in total. The Bertz CT molecular complexity index is 1050. The van der Waals surface area contributed by atoms with Crippen LogP contribution in [-0.4, -0.2) is 48.1 Å². The lowest BCUT2D eigenvalue weighted by molar-refractivity contribution is -0.152. The molecule has 3 aliphatic rings. The molecular weight excluding hydrogens is 413 g/mol. The standard InChI is InChI=1S/C23H28FN5O3/c1-14-5-19(29-22(31)23(2,3)13-32-29)9-20(27-14)21(30)25-10-15-6-16(8-18(24)7-15)17-11-26-28(4)12-17/h5-9,12,20,26-27H,10-11,13H2,1-4H3,(H,25,30). The zero-order valence-corrected chi connectivity index (χ0v) is 18.7. The van der Waals surface area contributed by atoms with Gasteiger partial charge in [0.15, 0.2) is 0 Å². The predicted molar refractivity (Wildman–Crippen MR) is 117 cm³/mol. The van der Waals surface area contributed by atoms with Gasteiger partial charge in [0.2, 0.25) is 5.91 Å². The van der Waals surface area contributed by atoms with Crippen LogP contribution in [0.25, 0.3) is 5.57 Å². The summed E-state index contributed by atoms with van der Waals surface area (Å²) in [6.07, 6.45) is 5.33. The van der Waals surface area contributed by atoms with E-state index in [0.717, 1.165) is 16.8 Å². The van der Waals surface area contributed by atoms with E-state index in [4.69, 9.17) is 4.84 Å². The third kappa shape index (κ3) is 4.53. The number of carbonyl (C=O) groups excluding carboxylic acids is 2. The van der Waals surface area contributed by atoms with Crippen LogP contribution in [0.1, 0.15) is 31.9 Å². The molecule has 0 radical (unpaired) electrons. The van der Waals surface area contributed by atoms with Gasteiger partial charge in [-0.2, -0.15) is 5.06 Å². The Balaban J connectivity index is 1.45. The number of allylic oxidation sites excluding steroid dienone is 2. The number of hydroxylamine groups is 2. The van der Waals surface area contributed by atoms with Gasteiger partial charge in [-0.3, -0.25) is 14.4 Å². The summed E-state index contributed by atoms with van der Waals surface area (Å²) in [4.78, 5) is 31.0. The molecule has 0 saturated carbocycles. The second kappa shape index (κ2) is 8.40. The Morgan fingerprint density at radius 3 is 2.78 bits per heavy atom. The molecule has 0 bridgehead atoms. The van der Waals surface area contributed by atoms with E-state index in [2.05, 4.69) is 16.1 Å². The number of dihydropyridines is 1. The normalized spacial score (nSPS) is 22.3. The summed E-state index contributed by atoms with van der Waals surface area (Å²) >= 11 is 0. The predicted octanol–water partition coefficient (Wildman–Crippen LogP) is 1.79. The second-order valence-electron chi connectivity index (χ2n) is 8.96. The molecule has 1 fully saturated rings. The highest BCUT2D eigenvalue weighted by atomic mass is 19.1. The molecular formula is C23H28FN5O3. The Kier molecular flexibility index (Phi) is 5.79. The van der Waals surface area contributed by atoms with Crippen LogP contribution in [0, 0.1) is 11.2 Å². The minimum absolute atomic E-state index is 0.150. The molecule has 0 spiro atoms. The van der Waals surface area contributed by atoms with Crippen molar-refractivity contribution in [3.8, 4) is 0 Å². The van der Waals surface area contributed by atoms with E-state index in [9.17, 15) is 14.0 Å². The van der Waals surface area contributed by atoms with Gasteiger partial charge < -0.3 is 15.6 Å². The number of nitrogens with zero attached hydrogens (tertiary/aromatic N) is 2. The molecule has 2 amide bonds. The molecule has 1 unspecified atom stereocenters. The van der Waals surface area contributed by atoms with Crippen molar-refractivity contribution in [1.82, 2.24) is 26.1 Å². The minimum Gasteiger partial charge on any atom is -0.374 e. The topological polar surface area (TPSA) is 85.9 Å². The third-order valence-electron chi connectivity index (χ3n) is 5.58. The Labute approximate surface area is 186 Å². The van der Waals surface area contributed by atoms with Gasteiger partial charge in [0, 0.05) is 32.0 Å². The molecule has 8 nitrogen and oxygen atoms in total. The average molecular weight is 442 g/mol. The van der Waals surface area contributed by atoms with Crippen molar-refractivity contribution in [3.05, 3.63) is 64.9 Å². The maximum Gasteiger partial charge on any atom is 0.258 e. The van der Waals surface area contributed by atoms with Gasteiger partial charge in [-0.25, -0.2) is 9.82 Å². The molecule has 9 heteroatoms. The summed E-state index contributed by atoms with van der Waals surface area (Å²) in [6, 6.07) is 4.09. The number of nitrogens with one attached hydrogen (secondary N) is 3. The van der Waals surface area contributed by atoms with Crippen LogP contribution in [0.15, 0.2) is 47.9 Å². The average Bonchev–Trinajstić information content (AvgIpc) is 3.28. The third-order valence-corrected chi connectivity index (χ3v) is 5.58. The van der Waals surface area contributed by atoms with Crippen molar-refractivity contribution < 1.29 is 18.8 Å². The summed E-state index contributed by atoms with van der Waals surface area (Å²) in [5, 5.41) is 9.03. The van der Waals surface area contributed by atoms with Crippen LogP contribution in [0.2, 0.25) is 0 Å². The first-order valence-electron chi connectivity index (χ1n) is 10.5. The highest BCUT2D eigenvalue weighted by Gasteiger charge is 2.42. The van der Waals surface area contributed by atoms with Crippen LogP contribution in [0.3, 0.4) is 0 Å². The largest absolute Gasteiger partial charge is 0.374 e. The van der Waals surface area contributed by atoms with E-state index in [0.29, 0.717) is 17.8 Å². The molecule has 1 aromatic carbocycles. The zero-order valence-electron chi connectivity index (χ0n) is 18.7. The number of rotatable bonds is 5. The van der Waals surface area contributed by atoms with Crippen molar-refractivity contribution in [2.45, 2.75) is 33.4 Å². The van der Waals surface area contributed by atoms with Crippen LogP contribution in [-0.2, 0) is 21.0 Å². The first kappa shape index (κ1) is 22.0. The molecule has 1 atom stereocenters. The minimum atomic E-state index is -0.682. The fourth-order valence-corrected chi connectivity index (χ4v) is 3.80. The number of amides is 2. The van der Waals surface area contributed by atoms with E-state index < -0.39 is 11.5 Å². The summed E-state index contributed by atoms with van der Waals surface area (Å²) in [7, 11) is 1.88. The lowest BCUT2D eigenvalue weighted by Crippen LogP contribution is -2.44. The van der Waals surface area contributed by atoms with Crippen molar-refractivity contribution in [1.29, 1.82) is 0 Å². The van der Waals surface area contributed by atoms with Crippen LogP contribution in [0.5, 0.6) is 0 Å². The van der Waals surface area contributed by atoms with E-state index >= 15 is 0 Å². The summed E-state index contributed by atoms with van der Waals surface area (Å²) in [6.45, 7) is 6.53. The van der Waals surface area contributed by atoms with E-state index in [1.165, 1.54) is 17.2 Å². The lowest BCUT2D eigenvalue weighted by atomic mass is 9.94. The molecule has 0 aromatic heterocycles. The highest BCUT2D eigenvalue weighted by Crippen LogP contribution is 2.31. The van der Waals surface area contributed by atoms with Crippen LogP contribution < -0.4 is 16.1 Å². The Morgan fingerprint density at radius 1 is 1.34 bits per heavy atom. The molecule has 170 valence electrons. The number of carbonyl (C=O) groups is 2. The summed E-state index contributed by atoms with van der Waals surface area (Å²) in [5.74, 6) is -0.790. The smallest absolute Gasteiger partial charge is 0.258 e. The van der Waals surface area contributed by atoms with Gasteiger partial charge in [-0.1, -0.05) is 0 Å². The summed E-state index contributed by atoms with van der Waals surface area (Å²) < 4.78 is 14.2. The molecule has 3 heterocycles. The molecule has 4 rings (SSSR count). The SMILES string of the molecule is CC1=CC(N2OCC(C)(C)C2=O)=CC(C(=O)NCc2cc(F)cc(C3=CN(C)NC3)c2)N1. The van der Waals surface area contributed by atoms with Gasteiger partial charge >= 0.3 is 0 Å². The molecule has 32 heavy (non-hydrogen) atoms. The number of hydrogen-bond acceptors (Lipinski definition) is 6. The van der Waals surface area contributed by atoms with Crippen LogP contribution in [0.4, 0.5) is 4.39 Å². The van der Waals surface area contributed by atoms with Gasteiger partial charge in [-0.05, 0) is 67.8 Å². The number of benzene rings is 1. The maximum absolute atomic E-state index is 14.2. The quantitative estimate of drug-likeness (QED) is 0.646. The van der Waals surface area contributed by atoms with E-state index in [-0.39, 0.29) is 30.8 Å². The Morgan fingerprint density at radius 2 is 2.12 bits per heavy atom. The molecule has 3 aliphatic heterocycles. The van der Waals surface area contributed by atoms with E-state index in [1.54, 1.807) is 12.2 Å². The fourth-order valence-electron chi connectivity index (χ4n) is 3.80. The molecule has 1 aromatic rings. The highest BCUT2D eigenvalue weighted by molar-refractivity contribution is 5.87. The number of hydrazine groups is 1. The number of halogens is 1. The van der Waals surface area contributed by atoms with Crippen molar-refractivity contribution >= 4 is 17.4 Å². The first-order valence-corrected chi connectivity index (χ1v) is 10.5. The van der Waals surface area contributed by atoms with E-state index in [1.807, 2.05) is 45.1 Å². The van der Waals surface area contributed by atoms with Crippen molar-refractivity contribution in [2.24, 2.45) is 5.41 Å². The van der Waals surface area contributed by atoms with Crippen molar-refractivity contribution in [2.75, 3.05) is 20.2 Å². The zero-order chi connectivity index (χ0) is 23.0. The van der Waals surface area contributed by atoms with Gasteiger partial charge in [0.25, 0.3) is 5.91 Å². The first-order chi connectivity index (χ1) is 15.1. The fraction of sp³-hybridized carbons (Fsp3) is 0.391. The van der Waals surface area contributed by atoms with Gasteiger partial charge in [-0.15, -0.1) is 0 Å². The monoisotopic (exact) mass is 441 g/mol. The van der Waals surface area contributed by atoms with Gasteiger partial charge in [0.1, 0.15) is 11.9 Å². The van der Waals surface area contributed by atoms with Crippen LogP contribution >= 0.6 is 0 Å². The van der Waals surface area contributed by atoms with Crippen molar-refractivity contribution in [3.63, 3.8) is 0 Å². The maximum atomic E-state index is 14.2. The second-order valence-corrected chi connectivity index (χ2v) is 8.96. The van der Waals surface area contributed by atoms with Gasteiger partial charge in [0.05, 0.1) is 17.7 Å². The Hall–Kier alpha value is -3.17. The number of hydrogen-bond donors (Lipinski definition) is 3.